The second kappa shape index (κ2) is 6.41. The van der Waals surface area contributed by atoms with E-state index in [-0.39, 0.29) is 16.3 Å². The maximum Gasteiger partial charge on any atom is 0.438 e. The fourth-order valence-corrected chi connectivity index (χ4v) is 2.73. The number of nitrogens with zero attached hydrogens (tertiary/aromatic N) is 2. The Bertz CT molecular complexity index is 864. The summed E-state index contributed by atoms with van der Waals surface area (Å²) < 4.78 is 40.7. The number of benzene rings is 2. The second-order valence-corrected chi connectivity index (χ2v) is 6.46. The molecule has 1 aliphatic rings. The predicted octanol–water partition coefficient (Wildman–Crippen LogP) is 4.15. The van der Waals surface area contributed by atoms with Crippen LogP contribution in [0.5, 0.6) is 0 Å². The van der Waals surface area contributed by atoms with Gasteiger partial charge in [-0.1, -0.05) is 41.4 Å². The standard InChI is InChI=1S/C18H14ClF3N2O2/c1-11-2-4-13(5-3-11)16(25)24-17(26,18(20,21)22)10-15(23-24)12-6-8-14(19)9-7-12/h2-9,26H,10H2,1H3/t17-/m0/s1. The van der Waals surface area contributed by atoms with Gasteiger partial charge in [0.25, 0.3) is 11.6 Å². The summed E-state index contributed by atoms with van der Waals surface area (Å²) in [4.78, 5) is 12.6. The first kappa shape index (κ1) is 18.4. The third kappa shape index (κ3) is 3.20. The van der Waals surface area contributed by atoms with Crippen LogP contribution >= 0.6 is 11.6 Å². The van der Waals surface area contributed by atoms with Gasteiger partial charge < -0.3 is 5.11 Å². The Hall–Kier alpha value is -2.38. The van der Waals surface area contributed by atoms with E-state index in [4.69, 9.17) is 11.6 Å². The van der Waals surface area contributed by atoms with Gasteiger partial charge in [0.1, 0.15) is 0 Å². The van der Waals surface area contributed by atoms with Crippen molar-refractivity contribution in [1.82, 2.24) is 5.01 Å². The van der Waals surface area contributed by atoms with Gasteiger partial charge >= 0.3 is 6.18 Å². The molecule has 0 aromatic heterocycles. The number of aliphatic hydroxyl groups is 1. The van der Waals surface area contributed by atoms with E-state index in [2.05, 4.69) is 5.10 Å². The molecule has 1 aliphatic heterocycles. The molecule has 3 rings (SSSR count). The topological polar surface area (TPSA) is 52.9 Å². The summed E-state index contributed by atoms with van der Waals surface area (Å²) in [5.74, 6) is -1.03. The molecule has 4 nitrogen and oxygen atoms in total. The number of aryl methyl sites for hydroxylation is 1. The molecule has 136 valence electrons. The maximum absolute atomic E-state index is 13.6. The van der Waals surface area contributed by atoms with Crippen LogP contribution in [0.15, 0.2) is 53.6 Å². The quantitative estimate of drug-likeness (QED) is 0.848. The fraction of sp³-hybridized carbons (Fsp3) is 0.222. The highest BCUT2D eigenvalue weighted by Crippen LogP contribution is 2.42. The van der Waals surface area contributed by atoms with E-state index >= 15 is 0 Å². The van der Waals surface area contributed by atoms with Crippen LogP contribution in [0.4, 0.5) is 13.2 Å². The minimum atomic E-state index is -5.08. The van der Waals surface area contributed by atoms with Gasteiger partial charge in [0.15, 0.2) is 0 Å². The van der Waals surface area contributed by atoms with E-state index in [1.54, 1.807) is 19.1 Å². The minimum Gasteiger partial charge on any atom is -0.362 e. The summed E-state index contributed by atoms with van der Waals surface area (Å²) in [7, 11) is 0. The number of carbonyl (C=O) groups excluding carboxylic acids is 1. The number of halogens is 4. The van der Waals surface area contributed by atoms with Gasteiger partial charge in [-0.3, -0.25) is 4.79 Å². The number of hydrogen-bond acceptors (Lipinski definition) is 3. The molecule has 2 aromatic rings. The van der Waals surface area contributed by atoms with Crippen molar-refractivity contribution in [3.8, 4) is 0 Å². The number of carbonyl (C=O) groups is 1. The van der Waals surface area contributed by atoms with E-state index in [1.165, 1.54) is 36.4 Å². The van der Waals surface area contributed by atoms with Crippen molar-refractivity contribution in [1.29, 1.82) is 0 Å². The van der Waals surface area contributed by atoms with E-state index < -0.39 is 24.2 Å². The van der Waals surface area contributed by atoms with Crippen molar-refractivity contribution in [2.24, 2.45) is 5.10 Å². The van der Waals surface area contributed by atoms with Gasteiger partial charge in [0.05, 0.1) is 12.1 Å². The zero-order valence-electron chi connectivity index (χ0n) is 13.6. The molecular weight excluding hydrogens is 369 g/mol. The van der Waals surface area contributed by atoms with Crippen LogP contribution < -0.4 is 0 Å². The van der Waals surface area contributed by atoms with Gasteiger partial charge in [-0.15, -0.1) is 0 Å². The van der Waals surface area contributed by atoms with Crippen LogP contribution in [0, 0.1) is 6.92 Å². The summed E-state index contributed by atoms with van der Waals surface area (Å²) in [6.45, 7) is 1.78. The second-order valence-electron chi connectivity index (χ2n) is 6.03. The molecule has 1 atom stereocenters. The molecule has 1 heterocycles. The number of alkyl halides is 3. The Kier molecular flexibility index (Phi) is 4.54. The molecule has 0 saturated heterocycles. The molecule has 0 spiro atoms. The normalized spacial score (nSPS) is 20.2. The summed E-state index contributed by atoms with van der Waals surface area (Å²) in [5.41, 5.74) is -2.28. The Morgan fingerprint density at radius 2 is 1.73 bits per heavy atom. The third-order valence-electron chi connectivity index (χ3n) is 4.11. The zero-order valence-corrected chi connectivity index (χ0v) is 14.3. The Balaban J connectivity index is 2.03. The SMILES string of the molecule is Cc1ccc(C(=O)N2N=C(c3ccc(Cl)cc3)C[C@]2(O)C(F)(F)F)cc1. The molecule has 0 saturated carbocycles. The summed E-state index contributed by atoms with van der Waals surface area (Å²) in [5, 5.41) is 14.6. The lowest BCUT2D eigenvalue weighted by atomic mass is 10.0. The van der Waals surface area contributed by atoms with E-state index in [1.807, 2.05) is 0 Å². The van der Waals surface area contributed by atoms with Gasteiger partial charge in [-0.25, -0.2) is 0 Å². The molecule has 0 bridgehead atoms. The van der Waals surface area contributed by atoms with E-state index in [9.17, 15) is 23.1 Å². The van der Waals surface area contributed by atoms with E-state index in [0.29, 0.717) is 10.6 Å². The van der Waals surface area contributed by atoms with Crippen molar-refractivity contribution in [2.45, 2.75) is 25.2 Å². The van der Waals surface area contributed by atoms with Crippen molar-refractivity contribution in [3.05, 3.63) is 70.2 Å². The van der Waals surface area contributed by atoms with Crippen molar-refractivity contribution in [2.75, 3.05) is 0 Å². The molecular formula is C18H14ClF3N2O2. The Morgan fingerprint density at radius 3 is 2.27 bits per heavy atom. The molecule has 0 aliphatic carbocycles. The smallest absolute Gasteiger partial charge is 0.362 e. The molecule has 26 heavy (non-hydrogen) atoms. The van der Waals surface area contributed by atoms with Crippen molar-refractivity contribution < 1.29 is 23.1 Å². The Morgan fingerprint density at radius 1 is 1.15 bits per heavy atom. The number of amides is 1. The monoisotopic (exact) mass is 382 g/mol. The average Bonchev–Trinajstić information content (AvgIpc) is 2.94. The molecule has 8 heteroatoms. The molecule has 0 fully saturated rings. The number of hydrazone groups is 1. The highest BCUT2D eigenvalue weighted by atomic mass is 35.5. The van der Waals surface area contributed by atoms with Crippen LogP contribution in [0.2, 0.25) is 5.02 Å². The lowest BCUT2D eigenvalue weighted by molar-refractivity contribution is -0.297. The van der Waals surface area contributed by atoms with Crippen LogP contribution in [0.25, 0.3) is 0 Å². The zero-order chi connectivity index (χ0) is 19.1. The Labute approximate surface area is 152 Å². The van der Waals surface area contributed by atoms with Crippen molar-refractivity contribution in [3.63, 3.8) is 0 Å². The van der Waals surface area contributed by atoms with Crippen LogP contribution in [-0.2, 0) is 0 Å². The summed E-state index contributed by atoms with van der Waals surface area (Å²) in [6.07, 6.45) is -5.94. The first-order chi connectivity index (χ1) is 12.1. The summed E-state index contributed by atoms with van der Waals surface area (Å²) >= 11 is 5.79. The highest BCUT2D eigenvalue weighted by Gasteiger charge is 2.63. The third-order valence-corrected chi connectivity index (χ3v) is 4.36. The average molecular weight is 383 g/mol. The lowest BCUT2D eigenvalue weighted by Crippen LogP contribution is -2.56. The number of hydrogen-bond donors (Lipinski definition) is 1. The molecule has 1 amide bonds. The predicted molar refractivity (Wildman–Crippen MR) is 91.0 cm³/mol. The molecule has 0 radical (unpaired) electrons. The van der Waals surface area contributed by atoms with E-state index in [0.717, 1.165) is 5.56 Å². The van der Waals surface area contributed by atoms with Crippen LogP contribution in [0.1, 0.15) is 27.9 Å². The van der Waals surface area contributed by atoms with Crippen LogP contribution in [-0.4, -0.2) is 33.6 Å². The van der Waals surface area contributed by atoms with Gasteiger partial charge in [-0.05, 0) is 36.8 Å². The maximum atomic E-state index is 13.6. The highest BCUT2D eigenvalue weighted by molar-refractivity contribution is 6.30. The first-order valence-electron chi connectivity index (χ1n) is 7.65. The van der Waals surface area contributed by atoms with Gasteiger partial charge in [0, 0.05) is 10.6 Å². The first-order valence-corrected chi connectivity index (χ1v) is 8.03. The molecule has 2 aromatic carbocycles. The largest absolute Gasteiger partial charge is 0.438 e. The van der Waals surface area contributed by atoms with Crippen molar-refractivity contribution >= 4 is 23.2 Å². The van der Waals surface area contributed by atoms with Gasteiger partial charge in [0.2, 0.25) is 0 Å². The summed E-state index contributed by atoms with van der Waals surface area (Å²) in [6, 6.07) is 11.9. The lowest BCUT2D eigenvalue weighted by Gasteiger charge is -2.32. The fourth-order valence-electron chi connectivity index (χ4n) is 2.60. The molecule has 0 unspecified atom stereocenters. The van der Waals surface area contributed by atoms with Gasteiger partial charge in [-0.2, -0.15) is 23.3 Å². The number of rotatable bonds is 2. The minimum absolute atomic E-state index is 0.000573. The van der Waals surface area contributed by atoms with Crippen LogP contribution in [0.3, 0.4) is 0 Å². The molecule has 1 N–H and O–H groups in total.